The number of piperidine rings is 1. The molecule has 3 heteroatoms. The monoisotopic (exact) mass is 234 g/mol. The van der Waals surface area contributed by atoms with Gasteiger partial charge in [0.25, 0.3) is 0 Å². The van der Waals surface area contributed by atoms with Gasteiger partial charge in [-0.25, -0.2) is 0 Å². The van der Waals surface area contributed by atoms with E-state index in [4.69, 9.17) is 10.5 Å². The number of rotatable bonds is 2. The fourth-order valence-corrected chi connectivity index (χ4v) is 2.66. The molecule has 1 aliphatic heterocycles. The van der Waals surface area contributed by atoms with Gasteiger partial charge >= 0.3 is 0 Å². The summed E-state index contributed by atoms with van der Waals surface area (Å²) < 4.78 is 5.32. The van der Waals surface area contributed by atoms with Crippen molar-refractivity contribution in [2.75, 3.05) is 33.0 Å². The summed E-state index contributed by atoms with van der Waals surface area (Å²) in [5.41, 5.74) is 9.35. The van der Waals surface area contributed by atoms with Crippen LogP contribution in [0.1, 0.15) is 29.9 Å². The molecule has 0 unspecified atom stereocenters. The Labute approximate surface area is 104 Å². The standard InChI is InChI=1S/C14H22N2O/c1-10-8-13(15)14(17-3)9-12(10)11-4-6-16(2)7-5-11/h8-9,11H,4-7,15H2,1-3H3. The van der Waals surface area contributed by atoms with Crippen LogP contribution in [0.3, 0.4) is 0 Å². The van der Waals surface area contributed by atoms with Crippen molar-refractivity contribution in [3.8, 4) is 5.75 Å². The summed E-state index contributed by atoms with van der Waals surface area (Å²) in [6.07, 6.45) is 2.45. The maximum Gasteiger partial charge on any atom is 0.142 e. The Morgan fingerprint density at radius 2 is 1.94 bits per heavy atom. The molecule has 0 aliphatic carbocycles. The molecular formula is C14H22N2O. The summed E-state index contributed by atoms with van der Waals surface area (Å²) in [7, 11) is 3.87. The third-order valence-electron chi connectivity index (χ3n) is 3.78. The van der Waals surface area contributed by atoms with Gasteiger partial charge < -0.3 is 15.4 Å². The number of methoxy groups -OCH3 is 1. The normalized spacial score (nSPS) is 18.3. The Morgan fingerprint density at radius 1 is 1.29 bits per heavy atom. The van der Waals surface area contributed by atoms with Crippen LogP contribution in [-0.4, -0.2) is 32.1 Å². The van der Waals surface area contributed by atoms with Crippen LogP contribution in [0.4, 0.5) is 5.69 Å². The number of hydrogen-bond donors (Lipinski definition) is 1. The first-order chi connectivity index (χ1) is 8.11. The molecular weight excluding hydrogens is 212 g/mol. The predicted octanol–water partition coefficient (Wildman–Crippen LogP) is 2.40. The average Bonchev–Trinajstić information content (AvgIpc) is 2.31. The molecule has 2 rings (SSSR count). The van der Waals surface area contributed by atoms with Crippen LogP contribution in [0.5, 0.6) is 5.75 Å². The van der Waals surface area contributed by atoms with E-state index in [1.165, 1.54) is 37.1 Å². The number of likely N-dealkylation sites (tertiary alicyclic amines) is 1. The van der Waals surface area contributed by atoms with E-state index in [1.807, 2.05) is 6.07 Å². The van der Waals surface area contributed by atoms with E-state index >= 15 is 0 Å². The summed E-state index contributed by atoms with van der Waals surface area (Å²) in [5.74, 6) is 1.46. The molecule has 1 aromatic carbocycles. The molecule has 94 valence electrons. The van der Waals surface area contributed by atoms with Gasteiger partial charge in [-0.05, 0) is 69.1 Å². The molecule has 1 aliphatic rings. The van der Waals surface area contributed by atoms with E-state index < -0.39 is 0 Å². The lowest BCUT2D eigenvalue weighted by molar-refractivity contribution is 0.255. The van der Waals surface area contributed by atoms with Crippen molar-refractivity contribution in [2.24, 2.45) is 0 Å². The highest BCUT2D eigenvalue weighted by Gasteiger charge is 2.20. The summed E-state index contributed by atoms with van der Waals surface area (Å²) in [4.78, 5) is 2.39. The molecule has 0 amide bonds. The number of benzene rings is 1. The fourth-order valence-electron chi connectivity index (χ4n) is 2.66. The van der Waals surface area contributed by atoms with Gasteiger partial charge in [0.05, 0.1) is 12.8 Å². The number of ether oxygens (including phenoxy) is 1. The Bertz CT molecular complexity index is 395. The van der Waals surface area contributed by atoms with Gasteiger partial charge in [-0.15, -0.1) is 0 Å². The number of nitrogens with zero attached hydrogens (tertiary/aromatic N) is 1. The van der Waals surface area contributed by atoms with Crippen molar-refractivity contribution >= 4 is 5.69 Å². The van der Waals surface area contributed by atoms with Crippen molar-refractivity contribution < 1.29 is 4.74 Å². The van der Waals surface area contributed by atoms with Crippen LogP contribution in [0.25, 0.3) is 0 Å². The topological polar surface area (TPSA) is 38.5 Å². The molecule has 0 spiro atoms. The minimum atomic E-state index is 0.653. The molecule has 1 saturated heterocycles. The van der Waals surface area contributed by atoms with Crippen LogP contribution in [-0.2, 0) is 0 Å². The number of aryl methyl sites for hydroxylation is 1. The third-order valence-corrected chi connectivity index (χ3v) is 3.78. The lowest BCUT2D eigenvalue weighted by Gasteiger charge is -2.30. The SMILES string of the molecule is COc1cc(C2CCN(C)CC2)c(C)cc1N. The minimum absolute atomic E-state index is 0.653. The zero-order valence-corrected chi connectivity index (χ0v) is 11.0. The van der Waals surface area contributed by atoms with Crippen LogP contribution >= 0.6 is 0 Å². The molecule has 3 nitrogen and oxygen atoms in total. The van der Waals surface area contributed by atoms with Gasteiger partial charge in [-0.1, -0.05) is 0 Å². The van der Waals surface area contributed by atoms with Crippen molar-refractivity contribution in [1.82, 2.24) is 4.90 Å². The molecule has 1 aromatic rings. The molecule has 1 heterocycles. The molecule has 17 heavy (non-hydrogen) atoms. The summed E-state index contributed by atoms with van der Waals surface area (Å²) in [6, 6.07) is 4.16. The van der Waals surface area contributed by atoms with E-state index in [0.29, 0.717) is 5.92 Å². The first-order valence-corrected chi connectivity index (χ1v) is 6.24. The Balaban J connectivity index is 2.25. The van der Waals surface area contributed by atoms with Crippen molar-refractivity contribution in [3.05, 3.63) is 23.3 Å². The zero-order chi connectivity index (χ0) is 12.4. The van der Waals surface area contributed by atoms with Gasteiger partial charge in [0.2, 0.25) is 0 Å². The molecule has 0 saturated carbocycles. The largest absolute Gasteiger partial charge is 0.495 e. The number of anilines is 1. The third kappa shape index (κ3) is 2.55. The van der Waals surface area contributed by atoms with Crippen molar-refractivity contribution in [1.29, 1.82) is 0 Å². The van der Waals surface area contributed by atoms with Gasteiger partial charge in [-0.2, -0.15) is 0 Å². The van der Waals surface area contributed by atoms with Crippen LogP contribution < -0.4 is 10.5 Å². The highest BCUT2D eigenvalue weighted by Crippen LogP contribution is 2.34. The Hall–Kier alpha value is -1.22. The summed E-state index contributed by atoms with van der Waals surface area (Å²) in [5, 5.41) is 0. The van der Waals surface area contributed by atoms with Gasteiger partial charge in [0, 0.05) is 0 Å². The Morgan fingerprint density at radius 3 is 2.53 bits per heavy atom. The lowest BCUT2D eigenvalue weighted by Crippen LogP contribution is -2.29. The van der Waals surface area contributed by atoms with E-state index in [1.54, 1.807) is 7.11 Å². The fraction of sp³-hybridized carbons (Fsp3) is 0.571. The van der Waals surface area contributed by atoms with Crippen LogP contribution in [0.15, 0.2) is 12.1 Å². The predicted molar refractivity (Wildman–Crippen MR) is 71.6 cm³/mol. The second-order valence-electron chi connectivity index (χ2n) is 5.03. The lowest BCUT2D eigenvalue weighted by atomic mass is 9.86. The van der Waals surface area contributed by atoms with E-state index in [0.717, 1.165) is 11.4 Å². The van der Waals surface area contributed by atoms with Crippen LogP contribution in [0, 0.1) is 6.92 Å². The molecule has 0 bridgehead atoms. The smallest absolute Gasteiger partial charge is 0.142 e. The number of hydrogen-bond acceptors (Lipinski definition) is 3. The maximum absolute atomic E-state index is 5.92. The molecule has 0 radical (unpaired) electrons. The molecule has 2 N–H and O–H groups in total. The minimum Gasteiger partial charge on any atom is -0.495 e. The molecule has 0 aromatic heterocycles. The Kier molecular flexibility index (Phi) is 3.57. The van der Waals surface area contributed by atoms with Crippen LogP contribution in [0.2, 0.25) is 0 Å². The second kappa shape index (κ2) is 4.96. The number of nitrogen functional groups attached to an aromatic ring is 1. The molecule has 0 atom stereocenters. The maximum atomic E-state index is 5.92. The molecule has 1 fully saturated rings. The second-order valence-corrected chi connectivity index (χ2v) is 5.03. The van der Waals surface area contributed by atoms with Gasteiger partial charge in [-0.3, -0.25) is 0 Å². The van der Waals surface area contributed by atoms with Gasteiger partial charge in [0.15, 0.2) is 0 Å². The van der Waals surface area contributed by atoms with Crippen molar-refractivity contribution in [3.63, 3.8) is 0 Å². The van der Waals surface area contributed by atoms with Crippen molar-refractivity contribution in [2.45, 2.75) is 25.7 Å². The quantitative estimate of drug-likeness (QED) is 0.799. The highest BCUT2D eigenvalue weighted by atomic mass is 16.5. The zero-order valence-electron chi connectivity index (χ0n) is 11.0. The van der Waals surface area contributed by atoms with E-state index in [9.17, 15) is 0 Å². The first kappa shape index (κ1) is 12.2. The van der Waals surface area contributed by atoms with Gasteiger partial charge in [0.1, 0.15) is 5.75 Å². The van der Waals surface area contributed by atoms with E-state index in [-0.39, 0.29) is 0 Å². The average molecular weight is 234 g/mol. The number of nitrogens with two attached hydrogens (primary N) is 1. The summed E-state index contributed by atoms with van der Waals surface area (Å²) >= 11 is 0. The van der Waals surface area contributed by atoms with E-state index in [2.05, 4.69) is 24.9 Å². The first-order valence-electron chi connectivity index (χ1n) is 6.24. The summed E-state index contributed by atoms with van der Waals surface area (Å²) in [6.45, 7) is 4.50. The highest BCUT2D eigenvalue weighted by molar-refractivity contribution is 5.57.